The van der Waals surface area contributed by atoms with Gasteiger partial charge in [0.15, 0.2) is 0 Å². The summed E-state index contributed by atoms with van der Waals surface area (Å²) in [6.45, 7) is 2.03. The monoisotopic (exact) mass is 174 g/mol. The van der Waals surface area contributed by atoms with Crippen LogP contribution in [0.15, 0.2) is 0 Å². The highest BCUT2D eigenvalue weighted by Crippen LogP contribution is 2.36. The maximum Gasteiger partial charge on any atom is 0.141 e. The highest BCUT2D eigenvalue weighted by molar-refractivity contribution is 5.00. The van der Waals surface area contributed by atoms with Gasteiger partial charge in [0.05, 0.1) is 31.5 Å². The van der Waals surface area contributed by atoms with E-state index in [0.29, 0.717) is 13.0 Å². The van der Waals surface area contributed by atoms with Crippen LogP contribution in [-0.4, -0.2) is 47.3 Å². The zero-order valence-electron chi connectivity index (χ0n) is 7.06. The van der Waals surface area contributed by atoms with Gasteiger partial charge in [-0.3, -0.25) is 0 Å². The van der Waals surface area contributed by atoms with Crippen molar-refractivity contribution in [3.63, 3.8) is 0 Å². The molecule has 0 aromatic carbocycles. The third-order valence-electron chi connectivity index (χ3n) is 2.82. The molecule has 2 unspecified atom stereocenters. The molecule has 3 heterocycles. The van der Waals surface area contributed by atoms with Gasteiger partial charge in [-0.05, 0) is 6.92 Å². The van der Waals surface area contributed by atoms with Crippen LogP contribution in [-0.2, 0) is 9.47 Å². The van der Waals surface area contributed by atoms with Gasteiger partial charge >= 0.3 is 0 Å². The van der Waals surface area contributed by atoms with Gasteiger partial charge in [-0.15, -0.1) is 0 Å². The fourth-order valence-corrected chi connectivity index (χ4v) is 1.92. The van der Waals surface area contributed by atoms with Gasteiger partial charge in [0, 0.05) is 6.42 Å². The summed E-state index contributed by atoms with van der Waals surface area (Å²) in [6.07, 6.45) is -0.0398. The molecule has 2 N–H and O–H groups in total. The molecule has 70 valence electrons. The number of hydrogen-bond donors (Lipinski definition) is 2. The van der Waals surface area contributed by atoms with Crippen LogP contribution in [0.3, 0.4) is 0 Å². The third-order valence-corrected chi connectivity index (χ3v) is 2.82. The molecule has 3 aliphatic rings. The van der Waals surface area contributed by atoms with Crippen LogP contribution in [0.25, 0.3) is 0 Å². The number of ether oxygens (including phenoxy) is 2. The van der Waals surface area contributed by atoms with Crippen molar-refractivity contribution in [2.75, 3.05) is 13.2 Å². The molecule has 2 bridgehead atoms. The summed E-state index contributed by atoms with van der Waals surface area (Å²) in [5, 5.41) is 18.7. The Morgan fingerprint density at radius 2 is 2.33 bits per heavy atom. The summed E-state index contributed by atoms with van der Waals surface area (Å²) in [6, 6.07) is 0. The summed E-state index contributed by atoms with van der Waals surface area (Å²) < 4.78 is 10.9. The highest BCUT2D eigenvalue weighted by atomic mass is 16.6. The quantitative estimate of drug-likeness (QED) is 0.551. The number of fused-ring (bicyclic) bond motifs is 3. The van der Waals surface area contributed by atoms with Crippen molar-refractivity contribution in [1.29, 1.82) is 0 Å². The first-order valence-corrected chi connectivity index (χ1v) is 4.26. The molecule has 4 nitrogen and oxygen atoms in total. The Kier molecular flexibility index (Phi) is 1.88. The first-order valence-electron chi connectivity index (χ1n) is 4.26. The lowest BCUT2D eigenvalue weighted by atomic mass is 9.85. The first kappa shape index (κ1) is 8.44. The lowest BCUT2D eigenvalue weighted by Crippen LogP contribution is -2.66. The molecule has 0 aliphatic carbocycles. The predicted molar refractivity (Wildman–Crippen MR) is 40.7 cm³/mol. The average Bonchev–Trinajstić information content (AvgIpc) is 2.08. The van der Waals surface area contributed by atoms with E-state index in [2.05, 4.69) is 0 Å². The Bertz CT molecular complexity index is 184. The molecular formula is C8H14O4. The van der Waals surface area contributed by atoms with Crippen LogP contribution in [0.4, 0.5) is 0 Å². The normalized spacial score (nSPS) is 52.8. The Hall–Kier alpha value is -0.160. The standard InChI is InChI=1S/C8H14O4/c1-5-6-2-7(10)8(3-9,12-5)4-11-6/h5-7,9-10H,2-4H2,1H3/t5?,6-,7-,8?/m0/s1. The van der Waals surface area contributed by atoms with Gasteiger partial charge in [-0.2, -0.15) is 0 Å². The van der Waals surface area contributed by atoms with E-state index < -0.39 is 11.7 Å². The van der Waals surface area contributed by atoms with Crippen molar-refractivity contribution in [1.82, 2.24) is 0 Å². The maximum absolute atomic E-state index is 9.60. The van der Waals surface area contributed by atoms with E-state index in [1.165, 1.54) is 0 Å². The Labute approximate surface area is 71.1 Å². The van der Waals surface area contributed by atoms with Crippen molar-refractivity contribution >= 4 is 0 Å². The molecule has 0 saturated carbocycles. The van der Waals surface area contributed by atoms with Gasteiger partial charge < -0.3 is 19.7 Å². The number of aliphatic hydroxyl groups excluding tert-OH is 2. The van der Waals surface area contributed by atoms with E-state index >= 15 is 0 Å². The van der Waals surface area contributed by atoms with E-state index in [-0.39, 0.29) is 18.8 Å². The molecule has 0 aromatic rings. The van der Waals surface area contributed by atoms with Crippen LogP contribution < -0.4 is 0 Å². The Morgan fingerprint density at radius 1 is 1.58 bits per heavy atom. The fraction of sp³-hybridized carbons (Fsp3) is 1.00. The Balaban J connectivity index is 2.20. The van der Waals surface area contributed by atoms with E-state index in [1.54, 1.807) is 0 Å². The second kappa shape index (κ2) is 2.67. The summed E-state index contributed by atoms with van der Waals surface area (Å²) in [7, 11) is 0. The van der Waals surface area contributed by atoms with Crippen LogP contribution >= 0.6 is 0 Å². The maximum atomic E-state index is 9.60. The second-order valence-electron chi connectivity index (χ2n) is 3.65. The zero-order chi connectivity index (χ0) is 8.77. The lowest BCUT2D eigenvalue weighted by molar-refractivity contribution is -0.311. The minimum atomic E-state index is -0.853. The summed E-state index contributed by atoms with van der Waals surface area (Å²) in [4.78, 5) is 0. The summed E-state index contributed by atoms with van der Waals surface area (Å²) in [5.74, 6) is 0. The minimum Gasteiger partial charge on any atom is -0.393 e. The molecule has 0 spiro atoms. The van der Waals surface area contributed by atoms with Gasteiger partial charge in [0.2, 0.25) is 0 Å². The molecule has 4 atom stereocenters. The smallest absolute Gasteiger partial charge is 0.141 e. The highest BCUT2D eigenvalue weighted by Gasteiger charge is 2.52. The topological polar surface area (TPSA) is 58.9 Å². The third kappa shape index (κ3) is 0.992. The van der Waals surface area contributed by atoms with E-state index in [1.807, 2.05) is 6.92 Å². The van der Waals surface area contributed by atoms with Crippen molar-refractivity contribution in [3.8, 4) is 0 Å². The van der Waals surface area contributed by atoms with Crippen molar-refractivity contribution in [2.45, 2.75) is 37.3 Å². The number of aliphatic hydroxyl groups is 2. The zero-order valence-corrected chi connectivity index (χ0v) is 7.06. The molecule has 3 rings (SSSR count). The molecule has 3 aliphatic heterocycles. The molecule has 4 heteroatoms. The predicted octanol–water partition coefficient (Wildman–Crippen LogP) is -0.714. The molecule has 0 radical (unpaired) electrons. The van der Waals surface area contributed by atoms with Gasteiger partial charge in [0.1, 0.15) is 5.60 Å². The molecule has 3 saturated heterocycles. The van der Waals surface area contributed by atoms with Crippen LogP contribution in [0.5, 0.6) is 0 Å². The molecule has 0 amide bonds. The average molecular weight is 174 g/mol. The summed E-state index contributed by atoms with van der Waals surface area (Å²) >= 11 is 0. The van der Waals surface area contributed by atoms with E-state index in [9.17, 15) is 5.11 Å². The lowest BCUT2D eigenvalue weighted by Gasteiger charge is -2.51. The van der Waals surface area contributed by atoms with Crippen molar-refractivity contribution in [3.05, 3.63) is 0 Å². The van der Waals surface area contributed by atoms with Gasteiger partial charge in [-0.1, -0.05) is 0 Å². The largest absolute Gasteiger partial charge is 0.393 e. The van der Waals surface area contributed by atoms with Crippen molar-refractivity contribution in [2.24, 2.45) is 0 Å². The summed E-state index contributed by atoms with van der Waals surface area (Å²) in [5.41, 5.74) is -0.853. The molecule has 12 heavy (non-hydrogen) atoms. The van der Waals surface area contributed by atoms with Crippen molar-refractivity contribution < 1.29 is 19.7 Å². The minimum absolute atomic E-state index is 0.00609. The first-order chi connectivity index (χ1) is 5.68. The Morgan fingerprint density at radius 3 is 2.75 bits per heavy atom. The van der Waals surface area contributed by atoms with E-state index in [0.717, 1.165) is 0 Å². The van der Waals surface area contributed by atoms with E-state index in [4.69, 9.17) is 14.6 Å². The van der Waals surface area contributed by atoms with Crippen LogP contribution in [0.1, 0.15) is 13.3 Å². The molecule has 3 fully saturated rings. The number of rotatable bonds is 1. The molecule has 0 aromatic heterocycles. The van der Waals surface area contributed by atoms with Crippen LogP contribution in [0, 0.1) is 0 Å². The van der Waals surface area contributed by atoms with Gasteiger partial charge in [0.25, 0.3) is 0 Å². The van der Waals surface area contributed by atoms with Crippen LogP contribution in [0.2, 0.25) is 0 Å². The SMILES string of the molecule is CC1OC2(CO)CO[C@H]1C[C@@H]2O. The second-order valence-corrected chi connectivity index (χ2v) is 3.65. The van der Waals surface area contributed by atoms with Gasteiger partial charge in [-0.25, -0.2) is 0 Å². The molecular weight excluding hydrogens is 160 g/mol. The number of hydrogen-bond acceptors (Lipinski definition) is 4. The fourth-order valence-electron chi connectivity index (χ4n) is 1.92.